The Morgan fingerprint density at radius 2 is 2.19 bits per heavy atom. The van der Waals surface area contributed by atoms with Gasteiger partial charge in [0.15, 0.2) is 21.8 Å². The maximum atomic E-state index is 12.1. The number of amides is 3. The Labute approximate surface area is 159 Å². The zero-order chi connectivity index (χ0) is 18.5. The van der Waals surface area contributed by atoms with Crippen molar-refractivity contribution >= 4 is 74.0 Å². The van der Waals surface area contributed by atoms with Crippen LogP contribution in [0.4, 0.5) is 5.13 Å². The quantitative estimate of drug-likeness (QED) is 0.709. The first-order valence-electron chi connectivity index (χ1n) is 7.00. The normalized spacial score (nSPS) is 15.5. The number of hydrogen-bond acceptors (Lipinski definition) is 8. The number of thiophene rings is 1. The van der Waals surface area contributed by atoms with Gasteiger partial charge in [0.1, 0.15) is 0 Å². The minimum Gasteiger partial charge on any atom is -0.301 e. The van der Waals surface area contributed by atoms with E-state index in [0.29, 0.717) is 10.0 Å². The molecular formula is C14H10N6O3S3. The van der Waals surface area contributed by atoms with Crippen LogP contribution < -0.4 is 10.6 Å². The summed E-state index contributed by atoms with van der Waals surface area (Å²) in [5.74, 6) is -2.09. The van der Waals surface area contributed by atoms with Gasteiger partial charge in [-0.3, -0.25) is 25.1 Å². The van der Waals surface area contributed by atoms with Crippen molar-refractivity contribution in [3.63, 3.8) is 0 Å². The topological polar surface area (TPSA) is 137 Å². The van der Waals surface area contributed by atoms with Crippen molar-refractivity contribution in [3.8, 4) is 0 Å². The van der Waals surface area contributed by atoms with Crippen molar-refractivity contribution < 1.29 is 14.4 Å². The Balaban J connectivity index is 1.61. The molecule has 0 fully saturated rings. The number of nitrogens with one attached hydrogen (secondary N) is 3. The first-order chi connectivity index (χ1) is 12.5. The van der Waals surface area contributed by atoms with E-state index in [1.54, 1.807) is 29.1 Å². The van der Waals surface area contributed by atoms with Gasteiger partial charge in [-0.05, 0) is 11.4 Å². The lowest BCUT2D eigenvalue weighted by molar-refractivity contribution is -0.114. The number of anilines is 1. The molecule has 3 heterocycles. The fraction of sp³-hybridized carbons (Fsp3) is 0.0714. The van der Waals surface area contributed by atoms with E-state index in [-0.39, 0.29) is 22.5 Å². The summed E-state index contributed by atoms with van der Waals surface area (Å²) in [6.07, 6.45) is 1.57. The van der Waals surface area contributed by atoms with Crippen LogP contribution in [0.15, 0.2) is 39.1 Å². The number of amidine groups is 2. The lowest BCUT2D eigenvalue weighted by Gasteiger charge is -2.14. The van der Waals surface area contributed by atoms with Crippen LogP contribution in [-0.2, 0) is 9.59 Å². The largest absolute Gasteiger partial charge is 0.301 e. The highest BCUT2D eigenvalue weighted by Crippen LogP contribution is 2.13. The van der Waals surface area contributed by atoms with Gasteiger partial charge in [0.05, 0.1) is 10.6 Å². The van der Waals surface area contributed by atoms with Gasteiger partial charge in [-0.1, -0.05) is 17.8 Å². The minimum absolute atomic E-state index is 0.0213. The predicted octanol–water partition coefficient (Wildman–Crippen LogP) is 1.62. The number of carbonyl (C=O) groups is 3. The number of nitrogens with zero attached hydrogens (tertiary/aromatic N) is 3. The fourth-order valence-corrected chi connectivity index (χ4v) is 3.56. The predicted molar refractivity (Wildman–Crippen MR) is 103 cm³/mol. The van der Waals surface area contributed by atoms with Gasteiger partial charge in [0.25, 0.3) is 11.8 Å². The van der Waals surface area contributed by atoms with Crippen LogP contribution in [0.1, 0.15) is 9.67 Å². The Kier molecular flexibility index (Phi) is 5.65. The van der Waals surface area contributed by atoms with E-state index in [9.17, 15) is 14.4 Å². The second kappa shape index (κ2) is 8.12. The summed E-state index contributed by atoms with van der Waals surface area (Å²) >= 11 is 3.43. The Morgan fingerprint density at radius 3 is 2.85 bits per heavy atom. The van der Waals surface area contributed by atoms with E-state index in [1.807, 2.05) is 0 Å². The molecule has 1 aliphatic rings. The maximum Gasteiger partial charge on any atom is 0.287 e. The van der Waals surface area contributed by atoms with E-state index in [1.165, 1.54) is 22.7 Å². The monoisotopic (exact) mass is 406 g/mol. The van der Waals surface area contributed by atoms with Gasteiger partial charge in [0.2, 0.25) is 5.91 Å². The third-order valence-corrected chi connectivity index (χ3v) is 5.26. The molecule has 1 aliphatic heterocycles. The van der Waals surface area contributed by atoms with E-state index in [0.717, 1.165) is 11.8 Å². The SMILES string of the molecule is N=C1N=C(SCC(=O)Nc2nccs2)NC(=O)C1=NC(=O)c1cccs1. The number of aromatic nitrogens is 1. The van der Waals surface area contributed by atoms with Crippen LogP contribution in [-0.4, -0.2) is 45.2 Å². The second-order valence-electron chi connectivity index (χ2n) is 4.64. The van der Waals surface area contributed by atoms with Crippen molar-refractivity contribution in [1.82, 2.24) is 10.3 Å². The van der Waals surface area contributed by atoms with E-state index < -0.39 is 17.6 Å². The zero-order valence-electron chi connectivity index (χ0n) is 12.9. The average molecular weight is 406 g/mol. The third-order valence-electron chi connectivity index (χ3n) is 2.84. The van der Waals surface area contributed by atoms with E-state index >= 15 is 0 Å². The lowest BCUT2D eigenvalue weighted by Crippen LogP contribution is -2.43. The average Bonchev–Trinajstić information content (AvgIpc) is 3.29. The molecule has 2 aromatic rings. The first kappa shape index (κ1) is 18.1. The number of carbonyl (C=O) groups excluding carboxylic acids is 3. The summed E-state index contributed by atoms with van der Waals surface area (Å²) in [6.45, 7) is 0. The summed E-state index contributed by atoms with van der Waals surface area (Å²) in [5.41, 5.74) is -0.361. The summed E-state index contributed by atoms with van der Waals surface area (Å²) < 4.78 is 0. The van der Waals surface area contributed by atoms with Crippen LogP contribution in [0.25, 0.3) is 0 Å². The zero-order valence-corrected chi connectivity index (χ0v) is 15.3. The molecule has 2 aromatic heterocycles. The van der Waals surface area contributed by atoms with Gasteiger partial charge in [0, 0.05) is 11.6 Å². The molecule has 12 heteroatoms. The number of thioether (sulfide) groups is 1. The van der Waals surface area contributed by atoms with Gasteiger partial charge in [-0.2, -0.15) is 4.99 Å². The molecule has 0 saturated heterocycles. The van der Waals surface area contributed by atoms with E-state index in [2.05, 4.69) is 25.6 Å². The molecule has 0 bridgehead atoms. The van der Waals surface area contributed by atoms with Crippen LogP contribution in [0, 0.1) is 5.41 Å². The molecule has 3 N–H and O–H groups in total. The van der Waals surface area contributed by atoms with Gasteiger partial charge < -0.3 is 5.32 Å². The number of aliphatic imine (C=N–C) groups is 2. The molecular weight excluding hydrogens is 396 g/mol. The molecule has 0 atom stereocenters. The van der Waals surface area contributed by atoms with Crippen LogP contribution in [0.2, 0.25) is 0 Å². The van der Waals surface area contributed by atoms with Crippen LogP contribution >= 0.6 is 34.4 Å². The number of rotatable bonds is 4. The van der Waals surface area contributed by atoms with Crippen molar-refractivity contribution in [2.75, 3.05) is 11.1 Å². The molecule has 26 heavy (non-hydrogen) atoms. The number of hydrogen-bond donors (Lipinski definition) is 3. The Bertz CT molecular complexity index is 918. The molecule has 3 rings (SSSR count). The molecule has 9 nitrogen and oxygen atoms in total. The third kappa shape index (κ3) is 4.47. The standard InChI is InChI=1S/C14H10N6O3S3/c15-10-9(18-11(22)7-2-1-4-24-7)12(23)20-14(19-10)26-6-8(21)17-13-16-3-5-25-13/h1-5H,6H2,(H,16,17,21)(H2,15,19,20,23). The van der Waals surface area contributed by atoms with Gasteiger partial charge in [-0.25, -0.2) is 9.98 Å². The smallest absolute Gasteiger partial charge is 0.287 e. The van der Waals surface area contributed by atoms with Crippen LogP contribution in [0.3, 0.4) is 0 Å². The van der Waals surface area contributed by atoms with Crippen LogP contribution in [0.5, 0.6) is 0 Å². The van der Waals surface area contributed by atoms with Crippen molar-refractivity contribution in [1.29, 1.82) is 5.41 Å². The molecule has 0 unspecified atom stereocenters. The fourth-order valence-electron chi connectivity index (χ4n) is 1.75. The lowest BCUT2D eigenvalue weighted by atomic mass is 10.3. The molecule has 132 valence electrons. The summed E-state index contributed by atoms with van der Waals surface area (Å²) in [7, 11) is 0. The number of thiazole rings is 1. The highest BCUT2D eigenvalue weighted by atomic mass is 32.2. The highest BCUT2D eigenvalue weighted by Gasteiger charge is 2.26. The van der Waals surface area contributed by atoms with Crippen molar-refractivity contribution in [2.45, 2.75) is 0 Å². The Morgan fingerprint density at radius 1 is 1.35 bits per heavy atom. The minimum atomic E-state index is -0.710. The molecule has 3 amide bonds. The molecule has 0 spiro atoms. The highest BCUT2D eigenvalue weighted by molar-refractivity contribution is 8.14. The first-order valence-corrected chi connectivity index (χ1v) is 9.75. The van der Waals surface area contributed by atoms with Gasteiger partial charge in [-0.15, -0.1) is 22.7 Å². The summed E-state index contributed by atoms with van der Waals surface area (Å²) in [6, 6.07) is 3.26. The molecule has 0 aliphatic carbocycles. The van der Waals surface area contributed by atoms with Crippen molar-refractivity contribution in [2.24, 2.45) is 9.98 Å². The van der Waals surface area contributed by atoms with E-state index in [4.69, 9.17) is 5.41 Å². The molecule has 0 saturated carbocycles. The Hall–Kier alpha value is -2.70. The van der Waals surface area contributed by atoms with Crippen molar-refractivity contribution in [3.05, 3.63) is 34.0 Å². The summed E-state index contributed by atoms with van der Waals surface area (Å²) in [4.78, 5) is 47.7. The molecule has 0 radical (unpaired) electrons. The summed E-state index contributed by atoms with van der Waals surface area (Å²) in [5, 5.41) is 16.8. The molecule has 0 aromatic carbocycles. The maximum absolute atomic E-state index is 12.1. The van der Waals surface area contributed by atoms with Gasteiger partial charge >= 0.3 is 0 Å². The second-order valence-corrected chi connectivity index (χ2v) is 7.44.